The van der Waals surface area contributed by atoms with Gasteiger partial charge in [0.1, 0.15) is 5.75 Å². The lowest BCUT2D eigenvalue weighted by molar-refractivity contribution is -0.757. The van der Waals surface area contributed by atoms with E-state index in [9.17, 15) is 10.1 Å². The smallest absolute Gasteiger partial charge is 0.294 e. The number of hydrogen-bond acceptors (Lipinski definition) is 6. The zero-order valence-corrected chi connectivity index (χ0v) is 16.3. The molecule has 1 aliphatic rings. The Bertz CT molecular complexity index is 568. The summed E-state index contributed by atoms with van der Waals surface area (Å²) in [5.41, 5.74) is 2.34. The van der Waals surface area contributed by atoms with Gasteiger partial charge in [0.25, 0.3) is 5.09 Å². The van der Waals surface area contributed by atoms with Crippen molar-refractivity contribution in [3.63, 3.8) is 0 Å². The molecule has 0 amide bonds. The normalized spacial score (nSPS) is 15.4. The molecule has 0 aromatic heterocycles. The van der Waals surface area contributed by atoms with Crippen LogP contribution < -0.4 is 15.0 Å². The third-order valence-electron chi connectivity index (χ3n) is 3.83. The molecule has 7 nitrogen and oxygen atoms in total. The molecule has 1 aliphatic heterocycles. The van der Waals surface area contributed by atoms with Gasteiger partial charge in [-0.2, -0.15) is 0 Å². The lowest BCUT2D eigenvalue weighted by atomic mass is 10.0. The van der Waals surface area contributed by atoms with E-state index < -0.39 is 5.09 Å². The van der Waals surface area contributed by atoms with E-state index in [2.05, 4.69) is 39.5 Å². The van der Waals surface area contributed by atoms with E-state index in [4.69, 9.17) is 4.74 Å². The molecule has 2 rings (SSSR count). The van der Waals surface area contributed by atoms with Crippen molar-refractivity contribution in [1.82, 2.24) is 5.32 Å². The highest BCUT2D eigenvalue weighted by Crippen LogP contribution is 2.33. The van der Waals surface area contributed by atoms with Gasteiger partial charge in [-0.3, -0.25) is 0 Å². The second kappa shape index (κ2) is 10.3. The number of benzene rings is 1. The molecule has 0 radical (unpaired) electrons. The fraction of sp³-hybridized carbons (Fsp3) is 0.500. The van der Waals surface area contributed by atoms with Crippen molar-refractivity contribution in [2.45, 2.75) is 25.3 Å². The summed E-state index contributed by atoms with van der Waals surface area (Å²) < 4.78 is 5.31. The Morgan fingerprint density at radius 3 is 2.83 bits per heavy atom. The number of unbranched alkanes of at least 4 members (excludes halogenated alkanes) is 2. The molecular formula is C16H24IN3O4. The van der Waals surface area contributed by atoms with Gasteiger partial charge in [0, 0.05) is 24.5 Å². The zero-order chi connectivity index (χ0) is 16.7. The Hall–Kier alpha value is -1.55. The molecule has 0 aliphatic carbocycles. The molecule has 1 N–H and O–H groups in total. The summed E-state index contributed by atoms with van der Waals surface area (Å²) in [6.45, 7) is 1.01. The summed E-state index contributed by atoms with van der Waals surface area (Å²) in [6, 6.07) is 6.21. The van der Waals surface area contributed by atoms with Crippen molar-refractivity contribution in [2.24, 2.45) is 0 Å². The van der Waals surface area contributed by atoms with Gasteiger partial charge < -0.3 is 19.8 Å². The highest BCUT2D eigenvalue weighted by molar-refractivity contribution is 14.0. The van der Waals surface area contributed by atoms with E-state index in [0.29, 0.717) is 6.42 Å². The van der Waals surface area contributed by atoms with Crippen molar-refractivity contribution >= 4 is 29.7 Å². The average Bonchev–Trinajstić information content (AvgIpc) is 2.55. The summed E-state index contributed by atoms with van der Waals surface area (Å²) in [5.74, 6) is 0.844. The molecule has 24 heavy (non-hydrogen) atoms. The predicted octanol–water partition coefficient (Wildman–Crippen LogP) is 3.29. The molecule has 0 saturated carbocycles. The first-order valence-electron chi connectivity index (χ1n) is 7.71. The molecule has 134 valence electrons. The van der Waals surface area contributed by atoms with Crippen molar-refractivity contribution in [1.29, 1.82) is 0 Å². The number of nitrogens with zero attached hydrogens (tertiary/aromatic N) is 2. The minimum absolute atomic E-state index is 0. The minimum Gasteiger partial charge on any atom is -0.497 e. The van der Waals surface area contributed by atoms with E-state index in [1.54, 1.807) is 7.11 Å². The van der Waals surface area contributed by atoms with Gasteiger partial charge in [0.05, 0.1) is 19.8 Å². The highest BCUT2D eigenvalue weighted by Gasteiger charge is 2.19. The first kappa shape index (κ1) is 20.5. The fourth-order valence-electron chi connectivity index (χ4n) is 2.61. The third-order valence-corrected chi connectivity index (χ3v) is 3.83. The summed E-state index contributed by atoms with van der Waals surface area (Å²) in [6.07, 6.45) is 6.70. The van der Waals surface area contributed by atoms with Gasteiger partial charge in [-0.05, 0) is 43.7 Å². The molecule has 1 atom stereocenters. The number of hydrogen-bond donors (Lipinski definition) is 1. The molecule has 1 unspecified atom stereocenters. The number of nitrogens with one attached hydrogen (secondary N) is 1. The molecule has 0 bridgehead atoms. The molecule has 0 fully saturated rings. The molecule has 0 saturated heterocycles. The summed E-state index contributed by atoms with van der Waals surface area (Å²) in [5, 5.41) is 12.8. The van der Waals surface area contributed by atoms with E-state index in [1.807, 2.05) is 13.1 Å². The van der Waals surface area contributed by atoms with Gasteiger partial charge in [-0.1, -0.05) is 6.42 Å². The number of halogens is 1. The third kappa shape index (κ3) is 5.82. The lowest BCUT2D eigenvalue weighted by Gasteiger charge is -2.29. The molecule has 0 spiro atoms. The van der Waals surface area contributed by atoms with E-state index in [0.717, 1.165) is 30.8 Å². The van der Waals surface area contributed by atoms with Crippen LogP contribution in [0.3, 0.4) is 0 Å². The van der Waals surface area contributed by atoms with Crippen LogP contribution >= 0.6 is 24.0 Å². The standard InChI is InChI=1S/C16H23N3O4.HI/c1-18-10-8-15(14-12-13(22-2)6-7-16(14)18)17-9-4-3-5-11-23-19(20)21;/h6-8,10,12,15,17H,3-5,9,11H2,1-2H3;1H. The van der Waals surface area contributed by atoms with E-state index >= 15 is 0 Å². The minimum atomic E-state index is -0.744. The zero-order valence-electron chi connectivity index (χ0n) is 13.9. The van der Waals surface area contributed by atoms with Gasteiger partial charge >= 0.3 is 0 Å². The first-order valence-corrected chi connectivity index (χ1v) is 7.71. The van der Waals surface area contributed by atoms with Gasteiger partial charge in [0.15, 0.2) is 0 Å². The SMILES string of the molecule is COc1ccc2c(c1)C(NCCCCCO[N+](=O)[O-])C=CN2C.I. The van der Waals surface area contributed by atoms with Crippen LogP contribution in [0.5, 0.6) is 5.75 Å². The van der Waals surface area contributed by atoms with Gasteiger partial charge in [-0.15, -0.1) is 34.1 Å². The Kier molecular flexibility index (Phi) is 8.83. The molecule has 1 aromatic carbocycles. The lowest BCUT2D eigenvalue weighted by Crippen LogP contribution is -2.27. The van der Waals surface area contributed by atoms with Gasteiger partial charge in [0.2, 0.25) is 0 Å². The number of rotatable bonds is 9. The highest BCUT2D eigenvalue weighted by atomic mass is 127. The maximum atomic E-state index is 10.0. The second-order valence-electron chi connectivity index (χ2n) is 5.43. The van der Waals surface area contributed by atoms with E-state index in [1.165, 1.54) is 5.56 Å². The molecule has 1 aromatic rings. The number of fused-ring (bicyclic) bond motifs is 1. The monoisotopic (exact) mass is 449 g/mol. The van der Waals surface area contributed by atoms with Crippen LogP contribution in [0.1, 0.15) is 30.9 Å². The van der Waals surface area contributed by atoms with Crippen LogP contribution in [0, 0.1) is 10.1 Å². The molecule has 1 heterocycles. The van der Waals surface area contributed by atoms with Crippen LogP contribution in [0.4, 0.5) is 5.69 Å². The van der Waals surface area contributed by atoms with Crippen molar-refractivity contribution in [2.75, 3.05) is 32.2 Å². The number of ether oxygens (including phenoxy) is 1. The van der Waals surface area contributed by atoms with Crippen LogP contribution in [0.25, 0.3) is 0 Å². The maximum Gasteiger partial charge on any atom is 0.294 e. The van der Waals surface area contributed by atoms with Crippen LogP contribution in [-0.4, -0.2) is 32.4 Å². The summed E-state index contributed by atoms with van der Waals surface area (Å²) in [7, 11) is 3.69. The van der Waals surface area contributed by atoms with Crippen molar-refractivity contribution in [3.05, 3.63) is 46.2 Å². The first-order chi connectivity index (χ1) is 11.1. The van der Waals surface area contributed by atoms with E-state index in [-0.39, 0.29) is 36.6 Å². The largest absolute Gasteiger partial charge is 0.497 e. The Morgan fingerprint density at radius 1 is 1.33 bits per heavy atom. The van der Waals surface area contributed by atoms with Crippen LogP contribution in [0.15, 0.2) is 30.5 Å². The maximum absolute atomic E-state index is 10.0. The summed E-state index contributed by atoms with van der Waals surface area (Å²) >= 11 is 0. The predicted molar refractivity (Wildman–Crippen MR) is 103 cm³/mol. The Labute approximate surface area is 159 Å². The van der Waals surface area contributed by atoms with Crippen LogP contribution in [0.2, 0.25) is 0 Å². The topological polar surface area (TPSA) is 76.9 Å². The molecular weight excluding hydrogens is 425 g/mol. The number of methoxy groups -OCH3 is 1. The second-order valence-corrected chi connectivity index (χ2v) is 5.43. The van der Waals surface area contributed by atoms with Crippen LogP contribution in [-0.2, 0) is 4.84 Å². The number of anilines is 1. The van der Waals surface area contributed by atoms with Crippen molar-refractivity contribution in [3.8, 4) is 5.75 Å². The van der Waals surface area contributed by atoms with Crippen molar-refractivity contribution < 1.29 is 14.7 Å². The Balaban J connectivity index is 0.00000288. The Morgan fingerprint density at radius 2 is 2.12 bits per heavy atom. The summed E-state index contributed by atoms with van der Waals surface area (Å²) in [4.78, 5) is 16.4. The van der Waals surface area contributed by atoms with Gasteiger partial charge in [-0.25, -0.2) is 0 Å². The fourth-order valence-corrected chi connectivity index (χ4v) is 2.61. The quantitative estimate of drug-likeness (QED) is 0.270. The average molecular weight is 449 g/mol. The molecule has 8 heteroatoms.